The molecular weight excluding hydrogens is 320 g/mol. The summed E-state index contributed by atoms with van der Waals surface area (Å²) >= 11 is 0. The Kier molecular flexibility index (Phi) is 6.65. The second-order valence-electron chi connectivity index (χ2n) is 5.73. The van der Waals surface area contributed by atoms with Gasteiger partial charge in [0.15, 0.2) is 5.78 Å². The number of amides is 1. The van der Waals surface area contributed by atoms with Crippen molar-refractivity contribution in [3.63, 3.8) is 0 Å². The number of hydrogen-bond donors (Lipinski definition) is 1. The molecule has 2 rings (SSSR count). The third kappa shape index (κ3) is 5.39. The maximum absolute atomic E-state index is 12.2. The molecule has 1 aromatic carbocycles. The number of aromatic nitrogens is 1. The number of nitrogens with zero attached hydrogens (tertiary/aromatic N) is 2. The number of carbonyl (C=O) groups excluding carboxylic acids is 2. The molecule has 1 amide bonds. The van der Waals surface area contributed by atoms with Crippen molar-refractivity contribution in [2.45, 2.75) is 18.9 Å². The second kappa shape index (κ2) is 8.94. The number of pyridine rings is 1. The second-order valence-corrected chi connectivity index (χ2v) is 5.73. The summed E-state index contributed by atoms with van der Waals surface area (Å²) in [6.07, 6.45) is 2.50. The molecule has 0 saturated heterocycles. The lowest BCUT2D eigenvalue weighted by Gasteiger charge is -2.21. The van der Waals surface area contributed by atoms with Crippen LogP contribution in [0.4, 0.5) is 0 Å². The molecule has 6 heteroatoms. The normalized spacial score (nSPS) is 11.6. The van der Waals surface area contributed by atoms with Crippen LogP contribution >= 0.6 is 0 Å². The Hall–Kier alpha value is -2.73. The van der Waals surface area contributed by atoms with Gasteiger partial charge in [0.1, 0.15) is 5.75 Å². The number of aliphatic hydroxyl groups is 1. The maximum atomic E-state index is 12.2. The number of likely N-dealkylation sites (N-methyl/N-ethyl adjacent to an activating group) is 1. The number of rotatable bonds is 8. The Morgan fingerprint density at radius 2 is 1.92 bits per heavy atom. The van der Waals surface area contributed by atoms with Crippen LogP contribution in [0.1, 0.15) is 34.9 Å². The third-order valence-corrected chi connectivity index (χ3v) is 3.92. The molecule has 25 heavy (non-hydrogen) atoms. The van der Waals surface area contributed by atoms with Gasteiger partial charge in [0, 0.05) is 37.8 Å². The number of methoxy groups -OCH3 is 1. The zero-order valence-corrected chi connectivity index (χ0v) is 14.4. The summed E-state index contributed by atoms with van der Waals surface area (Å²) in [5.41, 5.74) is 1.20. The number of ether oxygens (including phenoxy) is 1. The predicted molar refractivity (Wildman–Crippen MR) is 93.4 cm³/mol. The van der Waals surface area contributed by atoms with Crippen LogP contribution in [-0.2, 0) is 4.79 Å². The van der Waals surface area contributed by atoms with Crippen molar-refractivity contribution < 1.29 is 19.4 Å². The summed E-state index contributed by atoms with van der Waals surface area (Å²) in [4.78, 5) is 29.5. The van der Waals surface area contributed by atoms with E-state index in [-0.39, 0.29) is 31.1 Å². The fourth-order valence-electron chi connectivity index (χ4n) is 2.38. The molecule has 0 saturated carbocycles. The summed E-state index contributed by atoms with van der Waals surface area (Å²) < 4.78 is 5.08. The monoisotopic (exact) mass is 342 g/mol. The molecule has 1 heterocycles. The van der Waals surface area contributed by atoms with E-state index in [1.165, 1.54) is 11.1 Å². The van der Waals surface area contributed by atoms with Crippen molar-refractivity contribution in [1.82, 2.24) is 9.88 Å². The van der Waals surface area contributed by atoms with Crippen LogP contribution in [0.3, 0.4) is 0 Å². The molecule has 1 atom stereocenters. The average molecular weight is 342 g/mol. The van der Waals surface area contributed by atoms with E-state index in [0.29, 0.717) is 16.9 Å². The Labute approximate surface area is 147 Å². The minimum absolute atomic E-state index is 0.0968. The quantitative estimate of drug-likeness (QED) is 0.744. The topological polar surface area (TPSA) is 79.7 Å². The van der Waals surface area contributed by atoms with E-state index in [0.717, 1.165) is 0 Å². The van der Waals surface area contributed by atoms with Crippen molar-refractivity contribution in [1.29, 1.82) is 0 Å². The lowest BCUT2D eigenvalue weighted by Crippen LogP contribution is -2.31. The lowest BCUT2D eigenvalue weighted by molar-refractivity contribution is -0.131. The Morgan fingerprint density at radius 1 is 1.20 bits per heavy atom. The minimum Gasteiger partial charge on any atom is -0.497 e. The lowest BCUT2D eigenvalue weighted by atomic mass is 10.1. The van der Waals surface area contributed by atoms with Crippen molar-refractivity contribution >= 4 is 11.7 Å². The molecule has 132 valence electrons. The van der Waals surface area contributed by atoms with E-state index < -0.39 is 6.10 Å². The molecule has 0 aliphatic heterocycles. The fourth-order valence-corrected chi connectivity index (χ4v) is 2.38. The van der Waals surface area contributed by atoms with E-state index in [2.05, 4.69) is 4.98 Å². The van der Waals surface area contributed by atoms with Crippen LogP contribution in [0, 0.1) is 0 Å². The van der Waals surface area contributed by atoms with Gasteiger partial charge < -0.3 is 14.7 Å². The maximum Gasteiger partial charge on any atom is 0.222 e. The highest BCUT2D eigenvalue weighted by molar-refractivity contribution is 5.97. The van der Waals surface area contributed by atoms with Gasteiger partial charge in [-0.2, -0.15) is 0 Å². The first-order valence-electron chi connectivity index (χ1n) is 8.00. The van der Waals surface area contributed by atoms with Crippen LogP contribution in [-0.4, -0.2) is 47.4 Å². The Balaban J connectivity index is 1.83. The average Bonchev–Trinajstić information content (AvgIpc) is 2.66. The first kappa shape index (κ1) is 18.6. The fraction of sp³-hybridized carbons (Fsp3) is 0.316. The summed E-state index contributed by atoms with van der Waals surface area (Å²) in [5, 5.41) is 10.2. The Morgan fingerprint density at radius 3 is 2.52 bits per heavy atom. The van der Waals surface area contributed by atoms with E-state index in [1.807, 2.05) is 0 Å². The molecule has 1 N–H and O–H groups in total. The summed E-state index contributed by atoms with van der Waals surface area (Å²) in [7, 11) is 3.19. The van der Waals surface area contributed by atoms with Gasteiger partial charge in [-0.3, -0.25) is 14.6 Å². The summed E-state index contributed by atoms with van der Waals surface area (Å²) in [5.74, 6) is 0.393. The number of aliphatic hydroxyl groups excluding tert-OH is 1. The van der Waals surface area contributed by atoms with Gasteiger partial charge in [-0.1, -0.05) is 12.1 Å². The predicted octanol–water partition coefficient (Wildman–Crippen LogP) is 2.25. The van der Waals surface area contributed by atoms with Crippen LogP contribution in [0.15, 0.2) is 48.8 Å². The molecule has 6 nitrogen and oxygen atoms in total. The van der Waals surface area contributed by atoms with Crippen molar-refractivity contribution in [2.24, 2.45) is 0 Å². The van der Waals surface area contributed by atoms with Crippen LogP contribution < -0.4 is 4.74 Å². The molecule has 2 aromatic rings. The van der Waals surface area contributed by atoms with Gasteiger partial charge >= 0.3 is 0 Å². The van der Waals surface area contributed by atoms with Crippen LogP contribution in [0.25, 0.3) is 0 Å². The van der Waals surface area contributed by atoms with Gasteiger partial charge in [-0.25, -0.2) is 0 Å². The van der Waals surface area contributed by atoms with Crippen LogP contribution in [0.2, 0.25) is 0 Å². The van der Waals surface area contributed by atoms with E-state index in [1.54, 1.807) is 56.8 Å². The molecule has 0 aliphatic rings. The standard InChI is InChI=1S/C19H22N2O4/c1-21(13-18(23)14-5-7-16(25-2)8-6-14)19(24)10-9-17(22)15-4-3-11-20-12-15/h3-8,11-12,18,23H,9-10,13H2,1-2H3. The van der Waals surface area contributed by atoms with Crippen molar-refractivity contribution in [2.75, 3.05) is 20.7 Å². The number of ketones is 1. The van der Waals surface area contributed by atoms with E-state index >= 15 is 0 Å². The molecular formula is C19H22N2O4. The van der Waals surface area contributed by atoms with Crippen molar-refractivity contribution in [3.05, 3.63) is 59.9 Å². The first-order chi connectivity index (χ1) is 12.0. The zero-order chi connectivity index (χ0) is 18.2. The molecule has 0 radical (unpaired) electrons. The number of Topliss-reactive ketones (excluding diaryl/α,β-unsaturated/α-hetero) is 1. The molecule has 0 bridgehead atoms. The SMILES string of the molecule is COc1ccc(C(O)CN(C)C(=O)CCC(=O)c2cccnc2)cc1. The van der Waals surface area contributed by atoms with E-state index in [9.17, 15) is 14.7 Å². The first-order valence-corrected chi connectivity index (χ1v) is 8.00. The Bertz CT molecular complexity index is 701. The van der Waals surface area contributed by atoms with Gasteiger partial charge in [-0.15, -0.1) is 0 Å². The number of benzene rings is 1. The number of hydrogen-bond acceptors (Lipinski definition) is 5. The molecule has 0 spiro atoms. The molecule has 0 aliphatic carbocycles. The third-order valence-electron chi connectivity index (χ3n) is 3.92. The smallest absolute Gasteiger partial charge is 0.222 e. The highest BCUT2D eigenvalue weighted by Crippen LogP contribution is 2.18. The van der Waals surface area contributed by atoms with Gasteiger partial charge in [0.2, 0.25) is 5.91 Å². The zero-order valence-electron chi connectivity index (χ0n) is 14.4. The van der Waals surface area contributed by atoms with Gasteiger partial charge in [0.05, 0.1) is 19.8 Å². The van der Waals surface area contributed by atoms with Gasteiger partial charge in [0.25, 0.3) is 0 Å². The van der Waals surface area contributed by atoms with Gasteiger partial charge in [-0.05, 0) is 29.8 Å². The number of carbonyl (C=O) groups is 2. The minimum atomic E-state index is -0.797. The highest BCUT2D eigenvalue weighted by atomic mass is 16.5. The highest BCUT2D eigenvalue weighted by Gasteiger charge is 2.17. The molecule has 1 aromatic heterocycles. The molecule has 1 unspecified atom stereocenters. The molecule has 0 fully saturated rings. The van der Waals surface area contributed by atoms with Crippen LogP contribution in [0.5, 0.6) is 5.75 Å². The largest absolute Gasteiger partial charge is 0.497 e. The summed E-state index contributed by atoms with van der Waals surface area (Å²) in [6, 6.07) is 10.4. The van der Waals surface area contributed by atoms with Crippen molar-refractivity contribution in [3.8, 4) is 5.75 Å². The summed E-state index contributed by atoms with van der Waals surface area (Å²) in [6.45, 7) is 0.159. The van der Waals surface area contributed by atoms with E-state index in [4.69, 9.17) is 4.74 Å².